The number of rotatable bonds is 6. The molecule has 0 radical (unpaired) electrons. The van der Waals surface area contributed by atoms with Gasteiger partial charge in [0.2, 0.25) is 0 Å². The average Bonchev–Trinajstić information content (AvgIpc) is 2.49. The number of ether oxygens (including phenoxy) is 1. The van der Waals surface area contributed by atoms with Crippen molar-refractivity contribution in [1.82, 2.24) is 5.32 Å². The number of amides is 1. The normalized spacial score (nSPS) is 12.5. The topological polar surface area (TPSA) is 38.3 Å². The highest BCUT2D eigenvalue weighted by molar-refractivity contribution is 9.10. The van der Waals surface area contributed by atoms with Crippen LogP contribution >= 0.6 is 15.9 Å². The van der Waals surface area contributed by atoms with Gasteiger partial charge in [0.1, 0.15) is 5.75 Å². The third-order valence-corrected chi connectivity index (χ3v) is 3.97. The minimum absolute atomic E-state index is 0.117. The molecule has 1 atom stereocenters. The Morgan fingerprint density at radius 3 is 2.35 bits per heavy atom. The van der Waals surface area contributed by atoms with Gasteiger partial charge in [-0.3, -0.25) is 4.79 Å². The van der Waals surface area contributed by atoms with Gasteiger partial charge in [0.05, 0.1) is 0 Å². The van der Waals surface area contributed by atoms with Crippen molar-refractivity contribution in [3.05, 3.63) is 64.6 Å². The zero-order chi connectivity index (χ0) is 16.9. The van der Waals surface area contributed by atoms with Crippen molar-refractivity contribution >= 4 is 21.8 Å². The van der Waals surface area contributed by atoms with Gasteiger partial charge in [0.25, 0.3) is 5.91 Å². The first-order valence-corrected chi connectivity index (χ1v) is 8.43. The van der Waals surface area contributed by atoms with Crippen molar-refractivity contribution in [3.63, 3.8) is 0 Å². The van der Waals surface area contributed by atoms with Crippen molar-refractivity contribution < 1.29 is 9.53 Å². The molecular formula is C19H22BrNO2. The Morgan fingerprint density at radius 2 is 1.74 bits per heavy atom. The van der Waals surface area contributed by atoms with Crippen molar-refractivity contribution in [3.8, 4) is 5.75 Å². The fraction of sp³-hybridized carbons (Fsp3) is 0.316. The first kappa shape index (κ1) is 17.5. The van der Waals surface area contributed by atoms with E-state index in [9.17, 15) is 4.79 Å². The van der Waals surface area contributed by atoms with Crippen LogP contribution in [-0.4, -0.2) is 17.6 Å². The molecule has 0 fully saturated rings. The summed E-state index contributed by atoms with van der Waals surface area (Å²) in [5.41, 5.74) is 0.856. The molecule has 122 valence electrons. The molecule has 0 aliphatic rings. The highest BCUT2D eigenvalue weighted by atomic mass is 79.9. The predicted octanol–water partition coefficient (Wildman–Crippen LogP) is 4.35. The van der Waals surface area contributed by atoms with Crippen LogP contribution in [0.2, 0.25) is 0 Å². The van der Waals surface area contributed by atoms with E-state index in [0.29, 0.717) is 5.75 Å². The van der Waals surface area contributed by atoms with E-state index in [-0.39, 0.29) is 11.4 Å². The van der Waals surface area contributed by atoms with Crippen molar-refractivity contribution in [2.75, 3.05) is 0 Å². The molecule has 0 aliphatic carbocycles. The number of hydrogen-bond donors (Lipinski definition) is 1. The van der Waals surface area contributed by atoms with Crippen LogP contribution < -0.4 is 10.1 Å². The van der Waals surface area contributed by atoms with E-state index in [1.807, 2.05) is 56.3 Å². The van der Waals surface area contributed by atoms with Crippen LogP contribution in [0.1, 0.15) is 26.3 Å². The van der Waals surface area contributed by atoms with Crippen LogP contribution in [0.5, 0.6) is 5.75 Å². The van der Waals surface area contributed by atoms with Gasteiger partial charge < -0.3 is 10.1 Å². The highest BCUT2D eigenvalue weighted by Crippen LogP contribution is 2.18. The van der Waals surface area contributed by atoms with Gasteiger partial charge >= 0.3 is 0 Å². The number of carbonyl (C=O) groups is 1. The van der Waals surface area contributed by atoms with E-state index < -0.39 is 6.10 Å². The van der Waals surface area contributed by atoms with Crippen molar-refractivity contribution in [2.24, 2.45) is 0 Å². The summed E-state index contributed by atoms with van der Waals surface area (Å²) in [4.78, 5) is 12.4. The lowest BCUT2D eigenvalue weighted by Crippen LogP contribution is -2.49. The van der Waals surface area contributed by atoms with Crippen LogP contribution in [0.4, 0.5) is 0 Å². The minimum Gasteiger partial charge on any atom is -0.481 e. The summed E-state index contributed by atoms with van der Waals surface area (Å²) in [6, 6.07) is 17.6. The number of nitrogens with one attached hydrogen (secondary N) is 1. The summed E-state index contributed by atoms with van der Waals surface area (Å²) in [5, 5.41) is 3.06. The maximum Gasteiger partial charge on any atom is 0.261 e. The molecule has 0 heterocycles. The molecule has 4 heteroatoms. The van der Waals surface area contributed by atoms with E-state index >= 15 is 0 Å². The maximum absolute atomic E-state index is 12.4. The lowest BCUT2D eigenvalue weighted by atomic mass is 9.94. The fourth-order valence-electron chi connectivity index (χ4n) is 2.36. The first-order chi connectivity index (χ1) is 10.9. The second-order valence-electron chi connectivity index (χ2n) is 6.25. The summed E-state index contributed by atoms with van der Waals surface area (Å²) in [6.07, 6.45) is 0.219. The quantitative estimate of drug-likeness (QED) is 0.814. The standard InChI is InChI=1S/C19H22BrNO2/c1-14(23-17-11-9-16(20)10-12-17)18(22)21-19(2,3)13-15-7-5-4-6-8-15/h4-12,14H,13H2,1-3H3,(H,21,22)/t14-/m1/s1. The van der Waals surface area contributed by atoms with Gasteiger partial charge in [-0.15, -0.1) is 0 Å². The number of carbonyl (C=O) groups excluding carboxylic acids is 1. The number of benzene rings is 2. The Kier molecular flexibility index (Phi) is 5.83. The first-order valence-electron chi connectivity index (χ1n) is 7.64. The smallest absolute Gasteiger partial charge is 0.261 e. The van der Waals surface area contributed by atoms with E-state index in [2.05, 4.69) is 33.4 Å². The van der Waals surface area contributed by atoms with Gasteiger partial charge in [-0.2, -0.15) is 0 Å². The Morgan fingerprint density at radius 1 is 1.13 bits per heavy atom. The summed E-state index contributed by atoms with van der Waals surface area (Å²) in [6.45, 7) is 5.80. The summed E-state index contributed by atoms with van der Waals surface area (Å²) >= 11 is 3.38. The number of halogens is 1. The highest BCUT2D eigenvalue weighted by Gasteiger charge is 2.24. The van der Waals surface area contributed by atoms with E-state index in [0.717, 1.165) is 10.9 Å². The van der Waals surface area contributed by atoms with Gasteiger partial charge in [-0.1, -0.05) is 46.3 Å². The molecule has 0 saturated carbocycles. The predicted molar refractivity (Wildman–Crippen MR) is 96.6 cm³/mol. The molecule has 23 heavy (non-hydrogen) atoms. The summed E-state index contributed by atoms with van der Waals surface area (Å²) in [7, 11) is 0. The molecule has 0 aromatic heterocycles. The minimum atomic E-state index is -0.550. The molecule has 2 aromatic carbocycles. The van der Waals surface area contributed by atoms with Gasteiger partial charge in [0, 0.05) is 10.0 Å². The Labute approximate surface area is 146 Å². The van der Waals surface area contributed by atoms with Gasteiger partial charge in [0.15, 0.2) is 6.10 Å². The summed E-state index contributed by atoms with van der Waals surface area (Å²) < 4.78 is 6.67. The lowest BCUT2D eigenvalue weighted by Gasteiger charge is -2.28. The SMILES string of the molecule is C[C@@H](Oc1ccc(Br)cc1)C(=O)NC(C)(C)Cc1ccccc1. The van der Waals surface area contributed by atoms with Crippen LogP contribution in [-0.2, 0) is 11.2 Å². The molecule has 0 aliphatic heterocycles. The lowest BCUT2D eigenvalue weighted by molar-refractivity contribution is -0.128. The zero-order valence-corrected chi connectivity index (χ0v) is 15.3. The average molecular weight is 376 g/mol. The second kappa shape index (κ2) is 7.64. The van der Waals surface area contributed by atoms with Crippen LogP contribution in [0, 0.1) is 0 Å². The molecular weight excluding hydrogens is 354 g/mol. The Hall–Kier alpha value is -1.81. The van der Waals surface area contributed by atoms with E-state index in [4.69, 9.17) is 4.74 Å². The molecule has 0 spiro atoms. The molecule has 2 aromatic rings. The third-order valence-electron chi connectivity index (χ3n) is 3.45. The molecule has 0 unspecified atom stereocenters. The molecule has 1 amide bonds. The maximum atomic E-state index is 12.4. The van der Waals surface area contributed by atoms with Crippen molar-refractivity contribution in [1.29, 1.82) is 0 Å². The molecule has 0 saturated heterocycles. The van der Waals surface area contributed by atoms with Gasteiger partial charge in [-0.05, 0) is 57.0 Å². The summed E-state index contributed by atoms with van der Waals surface area (Å²) in [5.74, 6) is 0.561. The van der Waals surface area contributed by atoms with Crippen molar-refractivity contribution in [2.45, 2.75) is 38.8 Å². The molecule has 2 rings (SSSR count). The molecule has 0 bridgehead atoms. The number of hydrogen-bond acceptors (Lipinski definition) is 2. The molecule has 1 N–H and O–H groups in total. The Bertz CT molecular complexity index is 638. The van der Waals surface area contributed by atoms with Crippen LogP contribution in [0.25, 0.3) is 0 Å². The Balaban J connectivity index is 1.92. The fourth-order valence-corrected chi connectivity index (χ4v) is 2.62. The largest absolute Gasteiger partial charge is 0.481 e. The van der Waals surface area contributed by atoms with Crippen LogP contribution in [0.3, 0.4) is 0 Å². The van der Waals surface area contributed by atoms with Gasteiger partial charge in [-0.25, -0.2) is 0 Å². The van der Waals surface area contributed by atoms with E-state index in [1.165, 1.54) is 5.56 Å². The zero-order valence-electron chi connectivity index (χ0n) is 13.7. The monoisotopic (exact) mass is 375 g/mol. The second-order valence-corrected chi connectivity index (χ2v) is 7.17. The molecule has 3 nitrogen and oxygen atoms in total. The third kappa shape index (κ3) is 5.71. The van der Waals surface area contributed by atoms with E-state index in [1.54, 1.807) is 6.92 Å². The van der Waals surface area contributed by atoms with Crippen LogP contribution in [0.15, 0.2) is 59.1 Å².